The molecule has 108 valence electrons. The van der Waals surface area contributed by atoms with Gasteiger partial charge >= 0.3 is 0 Å². The molecule has 0 N–H and O–H groups in total. The van der Waals surface area contributed by atoms with Crippen LogP contribution in [-0.4, -0.2) is 0 Å². The fourth-order valence-corrected chi connectivity index (χ4v) is 3.79. The summed E-state index contributed by atoms with van der Waals surface area (Å²) < 4.78 is 6.04. The summed E-state index contributed by atoms with van der Waals surface area (Å²) in [7, 11) is 0. The van der Waals surface area contributed by atoms with E-state index in [9.17, 15) is 0 Å². The SMILES string of the molecule is C=C(OC(=C)C1CCCC(C)C1)C1CCCC(C)C1. The van der Waals surface area contributed by atoms with Crippen LogP contribution in [0.5, 0.6) is 0 Å². The van der Waals surface area contributed by atoms with Gasteiger partial charge in [0, 0.05) is 11.8 Å². The average molecular weight is 262 g/mol. The maximum absolute atomic E-state index is 6.04. The number of allylic oxidation sites excluding steroid dienone is 2. The van der Waals surface area contributed by atoms with E-state index in [2.05, 4.69) is 27.0 Å². The lowest BCUT2D eigenvalue weighted by atomic mass is 9.81. The van der Waals surface area contributed by atoms with Crippen molar-refractivity contribution in [2.45, 2.75) is 65.2 Å². The van der Waals surface area contributed by atoms with E-state index in [1.54, 1.807) is 0 Å². The van der Waals surface area contributed by atoms with Crippen LogP contribution in [0, 0.1) is 23.7 Å². The minimum Gasteiger partial charge on any atom is -0.467 e. The summed E-state index contributed by atoms with van der Waals surface area (Å²) in [6.07, 6.45) is 10.4. The maximum Gasteiger partial charge on any atom is 0.0995 e. The van der Waals surface area contributed by atoms with Crippen molar-refractivity contribution in [3.63, 3.8) is 0 Å². The minimum atomic E-state index is 0.557. The summed E-state index contributed by atoms with van der Waals surface area (Å²) in [6.45, 7) is 13.1. The molecule has 2 rings (SSSR count). The van der Waals surface area contributed by atoms with Crippen LogP contribution in [0.3, 0.4) is 0 Å². The highest BCUT2D eigenvalue weighted by molar-refractivity contribution is 5.03. The molecule has 0 aromatic carbocycles. The van der Waals surface area contributed by atoms with Gasteiger partial charge in [-0.1, -0.05) is 52.7 Å². The zero-order valence-electron chi connectivity index (χ0n) is 12.8. The topological polar surface area (TPSA) is 9.23 Å². The zero-order chi connectivity index (χ0) is 13.8. The molecule has 0 radical (unpaired) electrons. The van der Waals surface area contributed by atoms with Crippen molar-refractivity contribution >= 4 is 0 Å². The van der Waals surface area contributed by atoms with E-state index in [1.165, 1.54) is 51.4 Å². The molecule has 2 aliphatic carbocycles. The molecule has 4 unspecified atom stereocenters. The lowest BCUT2D eigenvalue weighted by molar-refractivity contribution is 0.159. The van der Waals surface area contributed by atoms with Gasteiger partial charge in [-0.2, -0.15) is 0 Å². The lowest BCUT2D eigenvalue weighted by Gasteiger charge is -2.32. The molecule has 4 atom stereocenters. The highest BCUT2D eigenvalue weighted by atomic mass is 16.5. The first-order chi connectivity index (χ1) is 9.06. The van der Waals surface area contributed by atoms with E-state index >= 15 is 0 Å². The Balaban J connectivity index is 1.82. The standard InChI is InChI=1S/C18H30O/c1-13-7-5-9-17(11-13)15(3)19-16(4)18-10-6-8-14(2)12-18/h13-14,17-18H,3-12H2,1-2H3. The second kappa shape index (κ2) is 6.63. The third-order valence-corrected chi connectivity index (χ3v) is 5.05. The molecule has 0 amide bonds. The quantitative estimate of drug-likeness (QED) is 0.592. The van der Waals surface area contributed by atoms with Crippen LogP contribution in [0.15, 0.2) is 24.7 Å². The van der Waals surface area contributed by atoms with Crippen molar-refractivity contribution in [2.24, 2.45) is 23.7 Å². The van der Waals surface area contributed by atoms with Gasteiger partial charge in [0.25, 0.3) is 0 Å². The van der Waals surface area contributed by atoms with Crippen molar-refractivity contribution in [3.05, 3.63) is 24.7 Å². The van der Waals surface area contributed by atoms with Gasteiger partial charge in [0.2, 0.25) is 0 Å². The summed E-state index contributed by atoms with van der Waals surface area (Å²) in [5, 5.41) is 0. The van der Waals surface area contributed by atoms with E-state index in [1.807, 2.05) is 0 Å². The third kappa shape index (κ3) is 4.12. The van der Waals surface area contributed by atoms with Crippen LogP contribution >= 0.6 is 0 Å². The number of hydrogen-bond acceptors (Lipinski definition) is 1. The van der Waals surface area contributed by atoms with Gasteiger partial charge in [-0.25, -0.2) is 0 Å². The summed E-state index contributed by atoms with van der Waals surface area (Å²) in [4.78, 5) is 0. The fraction of sp³-hybridized carbons (Fsp3) is 0.778. The zero-order valence-corrected chi connectivity index (χ0v) is 12.8. The van der Waals surface area contributed by atoms with Crippen LogP contribution in [0.1, 0.15) is 65.2 Å². The van der Waals surface area contributed by atoms with E-state index in [0.717, 1.165) is 23.4 Å². The maximum atomic E-state index is 6.04. The first-order valence-corrected chi connectivity index (χ1v) is 8.11. The van der Waals surface area contributed by atoms with E-state index < -0.39 is 0 Å². The molecule has 2 fully saturated rings. The van der Waals surface area contributed by atoms with Crippen molar-refractivity contribution in [3.8, 4) is 0 Å². The Kier molecular flexibility index (Phi) is 5.13. The molecule has 1 heteroatoms. The molecule has 0 heterocycles. The molecule has 0 bridgehead atoms. The highest BCUT2D eigenvalue weighted by Gasteiger charge is 2.26. The molecule has 0 aromatic rings. The van der Waals surface area contributed by atoms with E-state index in [4.69, 9.17) is 4.74 Å². The third-order valence-electron chi connectivity index (χ3n) is 5.05. The highest BCUT2D eigenvalue weighted by Crippen LogP contribution is 2.37. The Bertz CT molecular complexity index is 299. The summed E-state index contributed by atoms with van der Waals surface area (Å²) in [5.74, 6) is 4.72. The molecule has 0 saturated heterocycles. The smallest absolute Gasteiger partial charge is 0.0995 e. The van der Waals surface area contributed by atoms with Gasteiger partial charge in [-0.3, -0.25) is 0 Å². The van der Waals surface area contributed by atoms with Gasteiger partial charge < -0.3 is 4.74 Å². The van der Waals surface area contributed by atoms with Crippen LogP contribution in [0.2, 0.25) is 0 Å². The van der Waals surface area contributed by atoms with Gasteiger partial charge in [0.15, 0.2) is 0 Å². The van der Waals surface area contributed by atoms with E-state index in [0.29, 0.717) is 11.8 Å². The molecule has 1 nitrogen and oxygen atoms in total. The van der Waals surface area contributed by atoms with Crippen LogP contribution in [0.4, 0.5) is 0 Å². The number of ether oxygens (including phenoxy) is 1. The normalized spacial score (nSPS) is 35.7. The van der Waals surface area contributed by atoms with E-state index in [-0.39, 0.29) is 0 Å². The average Bonchev–Trinajstić information content (AvgIpc) is 2.38. The largest absolute Gasteiger partial charge is 0.467 e. The Labute approximate surface area is 119 Å². The molecule has 2 saturated carbocycles. The predicted molar refractivity (Wildman–Crippen MR) is 81.6 cm³/mol. The predicted octanol–water partition coefficient (Wildman–Crippen LogP) is 5.68. The van der Waals surface area contributed by atoms with Crippen molar-refractivity contribution < 1.29 is 4.74 Å². The van der Waals surface area contributed by atoms with Gasteiger partial charge in [-0.05, 0) is 37.5 Å². The molecule has 0 aliphatic heterocycles. The Morgan fingerprint density at radius 1 is 0.789 bits per heavy atom. The molecule has 0 aromatic heterocycles. The first kappa shape index (κ1) is 14.7. The molecule has 19 heavy (non-hydrogen) atoms. The lowest BCUT2D eigenvalue weighted by Crippen LogP contribution is -2.19. The Hall–Kier alpha value is -0.720. The molecular formula is C18H30O. The van der Waals surface area contributed by atoms with Crippen LogP contribution < -0.4 is 0 Å². The second-order valence-corrected chi connectivity index (χ2v) is 6.97. The monoisotopic (exact) mass is 262 g/mol. The molecule has 0 spiro atoms. The van der Waals surface area contributed by atoms with Gasteiger partial charge in [-0.15, -0.1) is 0 Å². The summed E-state index contributed by atoms with van der Waals surface area (Å²) in [5.41, 5.74) is 0. The van der Waals surface area contributed by atoms with Crippen molar-refractivity contribution in [1.29, 1.82) is 0 Å². The fourth-order valence-electron chi connectivity index (χ4n) is 3.79. The van der Waals surface area contributed by atoms with Crippen LogP contribution in [-0.2, 0) is 4.74 Å². The molecule has 2 aliphatic rings. The minimum absolute atomic E-state index is 0.557. The first-order valence-electron chi connectivity index (χ1n) is 8.11. The molecular weight excluding hydrogens is 232 g/mol. The Morgan fingerprint density at radius 3 is 1.58 bits per heavy atom. The summed E-state index contributed by atoms with van der Waals surface area (Å²) >= 11 is 0. The Morgan fingerprint density at radius 2 is 1.21 bits per heavy atom. The van der Waals surface area contributed by atoms with Gasteiger partial charge in [0.1, 0.15) is 0 Å². The van der Waals surface area contributed by atoms with Gasteiger partial charge in [0.05, 0.1) is 11.5 Å². The second-order valence-electron chi connectivity index (χ2n) is 6.97. The number of rotatable bonds is 4. The van der Waals surface area contributed by atoms with Crippen molar-refractivity contribution in [1.82, 2.24) is 0 Å². The van der Waals surface area contributed by atoms with Crippen molar-refractivity contribution in [2.75, 3.05) is 0 Å². The summed E-state index contributed by atoms with van der Waals surface area (Å²) in [6, 6.07) is 0. The number of hydrogen-bond donors (Lipinski definition) is 0. The van der Waals surface area contributed by atoms with Crippen LogP contribution in [0.25, 0.3) is 0 Å².